The number of nitrogens with one attached hydrogen (secondary N) is 1. The molecule has 1 saturated carbocycles. The number of hydrogen-bond donors (Lipinski definition) is 2. The van der Waals surface area contributed by atoms with Gasteiger partial charge in [0.05, 0.1) is 5.69 Å². The number of carboxylic acid groups (broad SMARTS) is 1. The fourth-order valence-electron chi connectivity index (χ4n) is 3.01. The van der Waals surface area contributed by atoms with E-state index in [0.29, 0.717) is 5.69 Å². The highest BCUT2D eigenvalue weighted by molar-refractivity contribution is 5.88. The molecule has 0 radical (unpaired) electrons. The Balaban J connectivity index is 1.71. The summed E-state index contributed by atoms with van der Waals surface area (Å²) in [6.45, 7) is 2.03. The van der Waals surface area contributed by atoms with E-state index in [4.69, 9.17) is 0 Å². The highest BCUT2D eigenvalue weighted by Crippen LogP contribution is 2.48. The number of aryl methyl sites for hydroxylation is 2. The number of aromatic nitrogens is 2. The summed E-state index contributed by atoms with van der Waals surface area (Å²) in [5, 5.41) is 16.0. The van der Waals surface area contributed by atoms with Gasteiger partial charge in [0.25, 0.3) is 0 Å². The number of carbonyl (C=O) groups excluding carboxylic acids is 1. The Bertz CT molecular complexity index is 753. The molecule has 1 heterocycles. The van der Waals surface area contributed by atoms with E-state index in [9.17, 15) is 14.7 Å². The molecular formula is C17H19N3O3. The van der Waals surface area contributed by atoms with Crippen LogP contribution in [0, 0.1) is 12.8 Å². The molecule has 1 aliphatic carbocycles. The van der Waals surface area contributed by atoms with E-state index >= 15 is 0 Å². The zero-order chi connectivity index (χ0) is 16.6. The molecule has 1 aliphatic rings. The zero-order valence-electron chi connectivity index (χ0n) is 13.1. The fraction of sp³-hybridized carbons (Fsp3) is 0.353. The van der Waals surface area contributed by atoms with Crippen LogP contribution in [0.25, 0.3) is 0 Å². The molecule has 0 aliphatic heterocycles. The van der Waals surface area contributed by atoms with E-state index < -0.39 is 12.0 Å². The van der Waals surface area contributed by atoms with Crippen LogP contribution >= 0.6 is 0 Å². The van der Waals surface area contributed by atoms with E-state index in [1.807, 2.05) is 31.2 Å². The Hall–Kier alpha value is -2.63. The maximum Gasteiger partial charge on any atom is 0.332 e. The molecule has 2 aromatic rings. The summed E-state index contributed by atoms with van der Waals surface area (Å²) in [4.78, 5) is 23.9. The van der Waals surface area contributed by atoms with Gasteiger partial charge in [0, 0.05) is 19.2 Å². The standard InChI is InChI=1S/C17H19N3O3/c1-10-5-3-4-6-11(10)12-9-13(12)16(21)19-15(17(22)23)14-7-8-18-20(14)2/h3-8,12-13,15H,9H2,1-2H3,(H,19,21)(H,22,23)/t12-,13+,15?/m0/s1. The van der Waals surface area contributed by atoms with Crippen LogP contribution in [0.3, 0.4) is 0 Å². The van der Waals surface area contributed by atoms with Crippen molar-refractivity contribution in [2.75, 3.05) is 0 Å². The summed E-state index contributed by atoms with van der Waals surface area (Å²) in [5.74, 6) is -1.29. The number of amides is 1. The second kappa shape index (κ2) is 5.87. The fourth-order valence-corrected chi connectivity index (χ4v) is 3.01. The third-order valence-electron chi connectivity index (χ3n) is 4.40. The molecule has 23 heavy (non-hydrogen) atoms. The Morgan fingerprint density at radius 1 is 1.35 bits per heavy atom. The summed E-state index contributed by atoms with van der Waals surface area (Å²) in [5.41, 5.74) is 2.79. The Morgan fingerprint density at radius 3 is 2.70 bits per heavy atom. The van der Waals surface area contributed by atoms with Crippen molar-refractivity contribution < 1.29 is 14.7 Å². The minimum atomic E-state index is -1.09. The number of benzene rings is 1. The van der Waals surface area contributed by atoms with Gasteiger partial charge in [0.15, 0.2) is 6.04 Å². The Labute approximate surface area is 134 Å². The summed E-state index contributed by atoms with van der Waals surface area (Å²) in [6.07, 6.45) is 2.28. The van der Waals surface area contributed by atoms with Crippen LogP contribution in [0.4, 0.5) is 0 Å². The number of carboxylic acids is 1. The summed E-state index contributed by atoms with van der Waals surface area (Å²) >= 11 is 0. The van der Waals surface area contributed by atoms with Crippen molar-refractivity contribution in [2.24, 2.45) is 13.0 Å². The first-order chi connectivity index (χ1) is 11.0. The minimum Gasteiger partial charge on any atom is -0.479 e. The summed E-state index contributed by atoms with van der Waals surface area (Å²) in [6, 6.07) is 8.52. The first kappa shape index (κ1) is 15.3. The topological polar surface area (TPSA) is 84.2 Å². The molecule has 1 amide bonds. The van der Waals surface area contributed by atoms with Crippen molar-refractivity contribution in [1.82, 2.24) is 15.1 Å². The normalized spacial score (nSPS) is 20.8. The molecule has 0 saturated heterocycles. The van der Waals surface area contributed by atoms with Crippen molar-refractivity contribution >= 4 is 11.9 Å². The number of carbonyl (C=O) groups is 2. The van der Waals surface area contributed by atoms with Crippen LogP contribution in [-0.4, -0.2) is 26.8 Å². The molecule has 1 fully saturated rings. The van der Waals surface area contributed by atoms with Gasteiger partial charge in [-0.3, -0.25) is 9.48 Å². The average molecular weight is 313 g/mol. The molecule has 0 spiro atoms. The monoisotopic (exact) mass is 313 g/mol. The molecule has 6 nitrogen and oxygen atoms in total. The predicted octanol–water partition coefficient (Wildman–Crippen LogP) is 1.77. The van der Waals surface area contributed by atoms with Crippen LogP contribution in [0.2, 0.25) is 0 Å². The second-order valence-corrected chi connectivity index (χ2v) is 5.96. The van der Waals surface area contributed by atoms with E-state index in [0.717, 1.165) is 12.0 Å². The van der Waals surface area contributed by atoms with E-state index in [1.54, 1.807) is 13.1 Å². The van der Waals surface area contributed by atoms with Gasteiger partial charge in [-0.05, 0) is 36.5 Å². The molecule has 3 atom stereocenters. The lowest BCUT2D eigenvalue weighted by Gasteiger charge is -2.15. The highest BCUT2D eigenvalue weighted by atomic mass is 16.4. The largest absolute Gasteiger partial charge is 0.479 e. The molecule has 2 N–H and O–H groups in total. The van der Waals surface area contributed by atoms with Crippen molar-refractivity contribution in [3.63, 3.8) is 0 Å². The van der Waals surface area contributed by atoms with Crippen LogP contribution in [0.15, 0.2) is 36.5 Å². The van der Waals surface area contributed by atoms with E-state index in [1.165, 1.54) is 16.4 Å². The van der Waals surface area contributed by atoms with Crippen molar-refractivity contribution in [3.05, 3.63) is 53.3 Å². The lowest BCUT2D eigenvalue weighted by Crippen LogP contribution is -2.36. The Morgan fingerprint density at radius 2 is 2.09 bits per heavy atom. The molecule has 1 aromatic heterocycles. The Kier molecular flexibility index (Phi) is 3.90. The van der Waals surface area contributed by atoms with Gasteiger partial charge < -0.3 is 10.4 Å². The van der Waals surface area contributed by atoms with Gasteiger partial charge in [-0.1, -0.05) is 24.3 Å². The average Bonchev–Trinajstić information content (AvgIpc) is 3.20. The maximum absolute atomic E-state index is 12.4. The molecule has 120 valence electrons. The zero-order valence-corrected chi connectivity index (χ0v) is 13.1. The van der Waals surface area contributed by atoms with Gasteiger partial charge in [-0.15, -0.1) is 0 Å². The van der Waals surface area contributed by atoms with Crippen molar-refractivity contribution in [3.8, 4) is 0 Å². The lowest BCUT2D eigenvalue weighted by atomic mass is 10.0. The first-order valence-corrected chi connectivity index (χ1v) is 7.55. The highest BCUT2D eigenvalue weighted by Gasteiger charge is 2.45. The van der Waals surface area contributed by atoms with Crippen LogP contribution in [0.1, 0.15) is 35.2 Å². The molecule has 1 aromatic carbocycles. The van der Waals surface area contributed by atoms with Gasteiger partial charge in [0.1, 0.15) is 0 Å². The predicted molar refractivity (Wildman–Crippen MR) is 83.8 cm³/mol. The number of rotatable bonds is 5. The van der Waals surface area contributed by atoms with Crippen molar-refractivity contribution in [2.45, 2.75) is 25.3 Å². The van der Waals surface area contributed by atoms with E-state index in [-0.39, 0.29) is 17.7 Å². The molecule has 6 heteroatoms. The molecule has 3 rings (SSSR count). The summed E-state index contributed by atoms with van der Waals surface area (Å²) < 4.78 is 1.46. The second-order valence-electron chi connectivity index (χ2n) is 5.96. The van der Waals surface area contributed by atoms with Gasteiger partial charge in [-0.2, -0.15) is 5.10 Å². The third kappa shape index (κ3) is 2.97. The lowest BCUT2D eigenvalue weighted by molar-refractivity contribution is -0.142. The van der Waals surface area contributed by atoms with Crippen molar-refractivity contribution in [1.29, 1.82) is 0 Å². The minimum absolute atomic E-state index is 0.161. The molecule has 1 unspecified atom stereocenters. The quantitative estimate of drug-likeness (QED) is 0.881. The van der Waals surface area contributed by atoms with Crippen LogP contribution in [0.5, 0.6) is 0 Å². The van der Waals surface area contributed by atoms with Crippen LogP contribution < -0.4 is 5.32 Å². The SMILES string of the molecule is Cc1ccccc1[C@@H]1C[C@H]1C(=O)NC(C(=O)O)c1ccnn1C. The number of aliphatic carboxylic acids is 1. The maximum atomic E-state index is 12.4. The summed E-state index contributed by atoms with van der Waals surface area (Å²) in [7, 11) is 1.66. The van der Waals surface area contributed by atoms with Gasteiger partial charge in [0.2, 0.25) is 5.91 Å². The van der Waals surface area contributed by atoms with Crippen LogP contribution in [-0.2, 0) is 16.6 Å². The molecular weight excluding hydrogens is 294 g/mol. The number of hydrogen-bond acceptors (Lipinski definition) is 3. The third-order valence-corrected chi connectivity index (χ3v) is 4.40. The number of nitrogens with zero attached hydrogens (tertiary/aromatic N) is 2. The molecule has 0 bridgehead atoms. The van der Waals surface area contributed by atoms with Gasteiger partial charge in [-0.25, -0.2) is 4.79 Å². The first-order valence-electron chi connectivity index (χ1n) is 7.55. The smallest absolute Gasteiger partial charge is 0.332 e. The van der Waals surface area contributed by atoms with E-state index in [2.05, 4.69) is 10.4 Å². The van der Waals surface area contributed by atoms with Gasteiger partial charge >= 0.3 is 5.97 Å².